The SMILES string of the molecule is O=C(Nc1ccccc1)Nc1ccc(NC(=O)c2cn(Cc3ccccc3)nn2)cc1. The highest BCUT2D eigenvalue weighted by molar-refractivity contribution is 6.03. The van der Waals surface area contributed by atoms with Gasteiger partial charge < -0.3 is 16.0 Å². The predicted octanol–water partition coefficient (Wildman–Crippen LogP) is 4.22. The van der Waals surface area contributed by atoms with Gasteiger partial charge >= 0.3 is 6.03 Å². The summed E-state index contributed by atoms with van der Waals surface area (Å²) >= 11 is 0. The van der Waals surface area contributed by atoms with Crippen molar-refractivity contribution in [3.63, 3.8) is 0 Å². The van der Waals surface area contributed by atoms with Gasteiger partial charge in [0.2, 0.25) is 0 Å². The third-order valence-electron chi connectivity index (χ3n) is 4.39. The highest BCUT2D eigenvalue weighted by atomic mass is 16.2. The summed E-state index contributed by atoms with van der Waals surface area (Å²) in [7, 11) is 0. The molecule has 8 nitrogen and oxygen atoms in total. The van der Waals surface area contributed by atoms with Crippen LogP contribution in [0.15, 0.2) is 91.1 Å². The number of hydrogen-bond acceptors (Lipinski definition) is 4. The molecule has 4 aromatic rings. The Hall–Kier alpha value is -4.46. The molecule has 3 aromatic carbocycles. The summed E-state index contributed by atoms with van der Waals surface area (Å²) in [6, 6.07) is 25.4. The second kappa shape index (κ2) is 9.36. The third kappa shape index (κ3) is 5.54. The molecule has 0 fully saturated rings. The number of hydrogen-bond donors (Lipinski definition) is 3. The van der Waals surface area contributed by atoms with Crippen molar-refractivity contribution in [2.24, 2.45) is 0 Å². The zero-order valence-corrected chi connectivity index (χ0v) is 16.5. The smallest absolute Gasteiger partial charge is 0.321 e. The number of carbonyl (C=O) groups excluding carboxylic acids is 2. The molecule has 0 aliphatic carbocycles. The van der Waals surface area contributed by atoms with Crippen LogP contribution in [0, 0.1) is 0 Å². The monoisotopic (exact) mass is 412 g/mol. The molecular weight excluding hydrogens is 392 g/mol. The molecule has 0 aliphatic rings. The summed E-state index contributed by atoms with van der Waals surface area (Å²) in [6.45, 7) is 0.534. The van der Waals surface area contributed by atoms with Crippen molar-refractivity contribution >= 4 is 29.0 Å². The number of nitrogens with one attached hydrogen (secondary N) is 3. The molecule has 31 heavy (non-hydrogen) atoms. The summed E-state index contributed by atoms with van der Waals surface area (Å²) < 4.78 is 1.61. The standard InChI is InChI=1S/C23H20N6O2/c30-22(21-16-29(28-27-21)15-17-7-3-1-4-8-17)24-19-11-13-20(14-12-19)26-23(31)25-18-9-5-2-6-10-18/h1-14,16H,15H2,(H,24,30)(H2,25,26,31). The van der Waals surface area contributed by atoms with E-state index in [2.05, 4.69) is 26.3 Å². The number of anilines is 3. The van der Waals surface area contributed by atoms with Crippen LogP contribution in [-0.2, 0) is 6.54 Å². The van der Waals surface area contributed by atoms with Gasteiger partial charge in [0.15, 0.2) is 5.69 Å². The largest absolute Gasteiger partial charge is 0.323 e. The first kappa shape index (κ1) is 19.8. The van der Waals surface area contributed by atoms with E-state index in [0.717, 1.165) is 5.56 Å². The zero-order chi connectivity index (χ0) is 21.5. The lowest BCUT2D eigenvalue weighted by atomic mass is 10.2. The molecule has 154 valence electrons. The van der Waals surface area contributed by atoms with E-state index in [9.17, 15) is 9.59 Å². The number of aromatic nitrogens is 3. The third-order valence-corrected chi connectivity index (χ3v) is 4.39. The molecule has 4 rings (SSSR count). The van der Waals surface area contributed by atoms with E-state index in [4.69, 9.17) is 0 Å². The molecule has 3 amide bonds. The number of nitrogens with zero attached hydrogens (tertiary/aromatic N) is 3. The van der Waals surface area contributed by atoms with Gasteiger partial charge in [0.05, 0.1) is 12.7 Å². The van der Waals surface area contributed by atoms with Crippen LogP contribution in [0.5, 0.6) is 0 Å². The molecule has 3 N–H and O–H groups in total. The number of amides is 3. The summed E-state index contributed by atoms with van der Waals surface area (Å²) in [5, 5.41) is 16.2. The zero-order valence-electron chi connectivity index (χ0n) is 16.5. The molecule has 0 spiro atoms. The van der Waals surface area contributed by atoms with Crippen LogP contribution < -0.4 is 16.0 Å². The van der Waals surface area contributed by atoms with Crippen molar-refractivity contribution in [2.75, 3.05) is 16.0 Å². The molecule has 0 radical (unpaired) electrons. The maximum Gasteiger partial charge on any atom is 0.323 e. The van der Waals surface area contributed by atoms with Gasteiger partial charge in [-0.3, -0.25) is 4.79 Å². The first-order valence-corrected chi connectivity index (χ1v) is 9.64. The molecule has 0 aliphatic heterocycles. The van der Waals surface area contributed by atoms with E-state index in [1.165, 1.54) is 0 Å². The number of rotatable bonds is 6. The van der Waals surface area contributed by atoms with E-state index in [1.54, 1.807) is 47.3 Å². The molecule has 0 atom stereocenters. The summed E-state index contributed by atoms with van der Waals surface area (Å²) in [5.74, 6) is -0.359. The summed E-state index contributed by atoms with van der Waals surface area (Å²) in [4.78, 5) is 24.5. The van der Waals surface area contributed by atoms with Crippen molar-refractivity contribution in [2.45, 2.75) is 6.54 Å². The Balaban J connectivity index is 1.31. The quantitative estimate of drug-likeness (QED) is 0.441. The first-order chi connectivity index (χ1) is 15.2. The molecule has 0 unspecified atom stereocenters. The maximum absolute atomic E-state index is 12.4. The van der Waals surface area contributed by atoms with Crippen LogP contribution in [0.25, 0.3) is 0 Å². The fraction of sp³-hybridized carbons (Fsp3) is 0.0435. The van der Waals surface area contributed by atoms with E-state index >= 15 is 0 Å². The van der Waals surface area contributed by atoms with E-state index in [-0.39, 0.29) is 17.6 Å². The minimum atomic E-state index is -0.359. The minimum Gasteiger partial charge on any atom is -0.321 e. The fourth-order valence-corrected chi connectivity index (χ4v) is 2.90. The van der Waals surface area contributed by atoms with Gasteiger partial charge in [0, 0.05) is 17.1 Å². The number of benzene rings is 3. The second-order valence-corrected chi connectivity index (χ2v) is 6.76. The maximum atomic E-state index is 12.4. The minimum absolute atomic E-state index is 0.223. The topological polar surface area (TPSA) is 101 Å². The second-order valence-electron chi connectivity index (χ2n) is 6.76. The van der Waals surface area contributed by atoms with E-state index in [0.29, 0.717) is 23.6 Å². The molecule has 0 saturated heterocycles. The lowest BCUT2D eigenvalue weighted by molar-refractivity contribution is 0.102. The Morgan fingerprint density at radius 3 is 1.90 bits per heavy atom. The highest BCUT2D eigenvalue weighted by Gasteiger charge is 2.11. The summed E-state index contributed by atoms with van der Waals surface area (Å²) in [5.41, 5.74) is 3.17. The van der Waals surface area contributed by atoms with Crippen LogP contribution >= 0.6 is 0 Å². The molecular formula is C23H20N6O2. The van der Waals surface area contributed by atoms with E-state index in [1.807, 2.05) is 48.5 Å². The van der Waals surface area contributed by atoms with Crippen molar-refractivity contribution in [1.29, 1.82) is 0 Å². The normalized spacial score (nSPS) is 10.3. The van der Waals surface area contributed by atoms with Gasteiger partial charge in [-0.05, 0) is 42.0 Å². The van der Waals surface area contributed by atoms with Crippen molar-refractivity contribution in [3.8, 4) is 0 Å². The van der Waals surface area contributed by atoms with Crippen molar-refractivity contribution < 1.29 is 9.59 Å². The van der Waals surface area contributed by atoms with Gasteiger partial charge in [0.1, 0.15) is 0 Å². The van der Waals surface area contributed by atoms with Gasteiger partial charge in [-0.1, -0.05) is 53.7 Å². The van der Waals surface area contributed by atoms with Crippen molar-refractivity contribution in [3.05, 3.63) is 102 Å². The Bertz CT molecular complexity index is 1160. The Morgan fingerprint density at radius 2 is 1.26 bits per heavy atom. The van der Waals surface area contributed by atoms with Crippen LogP contribution in [0.3, 0.4) is 0 Å². The Labute approximate surface area is 178 Å². The predicted molar refractivity (Wildman–Crippen MR) is 119 cm³/mol. The van der Waals surface area contributed by atoms with Crippen LogP contribution in [0.4, 0.5) is 21.9 Å². The van der Waals surface area contributed by atoms with Gasteiger partial charge in [-0.2, -0.15) is 0 Å². The average molecular weight is 412 g/mol. The first-order valence-electron chi connectivity index (χ1n) is 9.64. The molecule has 1 heterocycles. The van der Waals surface area contributed by atoms with Crippen LogP contribution in [0.1, 0.15) is 16.1 Å². The lowest BCUT2D eigenvalue weighted by Gasteiger charge is -2.08. The Kier molecular flexibility index (Phi) is 5.99. The lowest BCUT2D eigenvalue weighted by Crippen LogP contribution is -2.19. The highest BCUT2D eigenvalue weighted by Crippen LogP contribution is 2.15. The van der Waals surface area contributed by atoms with Gasteiger partial charge in [0.25, 0.3) is 5.91 Å². The summed E-state index contributed by atoms with van der Waals surface area (Å²) in [6.07, 6.45) is 1.60. The Morgan fingerprint density at radius 1 is 0.710 bits per heavy atom. The van der Waals surface area contributed by atoms with Crippen LogP contribution in [0.2, 0.25) is 0 Å². The number of urea groups is 1. The van der Waals surface area contributed by atoms with E-state index < -0.39 is 0 Å². The fourth-order valence-electron chi connectivity index (χ4n) is 2.90. The molecule has 8 heteroatoms. The van der Waals surface area contributed by atoms with Crippen LogP contribution in [-0.4, -0.2) is 26.9 Å². The number of para-hydroxylation sites is 1. The molecule has 0 bridgehead atoms. The molecule has 0 saturated carbocycles. The van der Waals surface area contributed by atoms with Gasteiger partial charge in [-0.15, -0.1) is 5.10 Å². The van der Waals surface area contributed by atoms with Gasteiger partial charge in [-0.25, -0.2) is 9.48 Å². The average Bonchev–Trinajstić information content (AvgIpc) is 3.25. The number of carbonyl (C=O) groups is 2. The molecule has 1 aromatic heterocycles. The van der Waals surface area contributed by atoms with Crippen molar-refractivity contribution in [1.82, 2.24) is 15.0 Å².